The molecular weight excluding hydrogens is 144 g/mol. The molecule has 0 aromatic carbocycles. The van der Waals surface area contributed by atoms with Gasteiger partial charge in [0.05, 0.1) is 17.4 Å². The minimum Gasteiger partial charge on any atom is -0.259 e. The first-order valence-corrected chi connectivity index (χ1v) is 3.28. The fraction of sp³-hybridized carbons (Fsp3) is 0.143. The Bertz CT molecular complexity index is 239. The van der Waals surface area contributed by atoms with E-state index >= 15 is 0 Å². The van der Waals surface area contributed by atoms with E-state index in [4.69, 9.17) is 0 Å². The summed E-state index contributed by atoms with van der Waals surface area (Å²) in [5.41, 5.74) is 0.917. The van der Waals surface area contributed by atoms with Gasteiger partial charge < -0.3 is 0 Å². The van der Waals surface area contributed by atoms with Gasteiger partial charge >= 0.3 is 0 Å². The molecule has 0 saturated carbocycles. The van der Waals surface area contributed by atoms with Crippen LogP contribution in [-0.4, -0.2) is 10.1 Å². The van der Waals surface area contributed by atoms with E-state index in [0.29, 0.717) is 6.54 Å². The predicted octanol–water partition coefficient (Wildman–Crippen LogP) is 1.68. The van der Waals surface area contributed by atoms with Gasteiger partial charge in [0, 0.05) is 6.20 Å². The largest absolute Gasteiger partial charge is 0.259 e. The highest BCUT2D eigenvalue weighted by Gasteiger charge is 1.85. The minimum absolute atomic E-state index is 0.532. The van der Waals surface area contributed by atoms with Gasteiger partial charge in [-0.15, -0.1) is 0 Å². The number of pyridine rings is 1. The van der Waals surface area contributed by atoms with Crippen LogP contribution in [0.1, 0.15) is 5.69 Å². The first-order chi connectivity index (χ1) is 4.93. The number of isothiocyanates is 1. The van der Waals surface area contributed by atoms with E-state index in [1.54, 1.807) is 6.20 Å². The smallest absolute Gasteiger partial charge is 0.0914 e. The van der Waals surface area contributed by atoms with Crippen LogP contribution in [0.2, 0.25) is 0 Å². The SMILES string of the molecule is S=C=NCc1ccccn1. The second kappa shape index (κ2) is 3.88. The van der Waals surface area contributed by atoms with E-state index in [2.05, 4.69) is 27.4 Å². The lowest BCUT2D eigenvalue weighted by Gasteiger charge is -1.89. The number of thiocarbonyl (C=S) groups is 1. The summed E-state index contributed by atoms with van der Waals surface area (Å²) in [5, 5.41) is 2.28. The Morgan fingerprint density at radius 1 is 1.60 bits per heavy atom. The maximum atomic E-state index is 4.41. The molecule has 0 N–H and O–H groups in total. The van der Waals surface area contributed by atoms with E-state index in [9.17, 15) is 0 Å². The second-order valence-electron chi connectivity index (χ2n) is 1.73. The molecule has 0 radical (unpaired) electrons. The fourth-order valence-electron chi connectivity index (χ4n) is 0.605. The van der Waals surface area contributed by atoms with Crippen LogP contribution in [-0.2, 0) is 6.54 Å². The molecule has 10 heavy (non-hydrogen) atoms. The maximum absolute atomic E-state index is 4.41. The first-order valence-electron chi connectivity index (χ1n) is 2.87. The van der Waals surface area contributed by atoms with Gasteiger partial charge in [-0.1, -0.05) is 6.07 Å². The molecule has 0 aliphatic rings. The van der Waals surface area contributed by atoms with Gasteiger partial charge in [0.1, 0.15) is 0 Å². The molecule has 1 heterocycles. The predicted molar refractivity (Wildman–Crippen MR) is 43.0 cm³/mol. The first kappa shape index (κ1) is 7.06. The van der Waals surface area contributed by atoms with Gasteiger partial charge in [-0.3, -0.25) is 4.98 Å². The Labute approximate surface area is 64.6 Å². The molecule has 0 amide bonds. The summed E-state index contributed by atoms with van der Waals surface area (Å²) in [6.45, 7) is 0.532. The third-order valence-electron chi connectivity index (χ3n) is 1.03. The zero-order valence-corrected chi connectivity index (χ0v) is 6.14. The fourth-order valence-corrected chi connectivity index (χ4v) is 0.669. The van der Waals surface area contributed by atoms with Gasteiger partial charge in [-0.05, 0) is 24.4 Å². The number of aliphatic imine (C=N–C) groups is 1. The van der Waals surface area contributed by atoms with Gasteiger partial charge in [-0.25, -0.2) is 4.99 Å². The Kier molecular flexibility index (Phi) is 2.74. The van der Waals surface area contributed by atoms with Crippen LogP contribution >= 0.6 is 12.2 Å². The number of hydrogen-bond donors (Lipinski definition) is 0. The summed E-state index contributed by atoms with van der Waals surface area (Å²) in [6.07, 6.45) is 1.73. The Balaban J connectivity index is 2.67. The van der Waals surface area contributed by atoms with Gasteiger partial charge in [0.15, 0.2) is 0 Å². The summed E-state index contributed by atoms with van der Waals surface area (Å²) < 4.78 is 0. The zero-order valence-electron chi connectivity index (χ0n) is 5.32. The van der Waals surface area contributed by atoms with Crippen molar-refractivity contribution >= 4 is 17.4 Å². The number of nitrogens with zero attached hydrogens (tertiary/aromatic N) is 2. The maximum Gasteiger partial charge on any atom is 0.0914 e. The van der Waals surface area contributed by atoms with Crippen molar-refractivity contribution in [3.8, 4) is 0 Å². The lowest BCUT2D eigenvalue weighted by molar-refractivity contribution is 0.999. The normalized spacial score (nSPS) is 8.40. The molecule has 1 aromatic heterocycles. The molecule has 0 aliphatic carbocycles. The van der Waals surface area contributed by atoms with E-state index < -0.39 is 0 Å². The standard InChI is InChI=1S/C7H6N2S/c10-6-8-5-7-3-1-2-4-9-7/h1-4H,5H2. The van der Waals surface area contributed by atoms with Crippen molar-refractivity contribution in [2.75, 3.05) is 0 Å². The highest BCUT2D eigenvalue weighted by molar-refractivity contribution is 7.78. The monoisotopic (exact) mass is 150 g/mol. The van der Waals surface area contributed by atoms with Crippen LogP contribution in [0.5, 0.6) is 0 Å². The third-order valence-corrected chi connectivity index (χ3v) is 1.16. The number of aromatic nitrogens is 1. The topological polar surface area (TPSA) is 25.2 Å². The molecule has 2 nitrogen and oxygen atoms in total. The average molecular weight is 150 g/mol. The molecular formula is C7H6N2S. The third kappa shape index (κ3) is 2.05. The molecule has 0 spiro atoms. The quantitative estimate of drug-likeness (QED) is 0.473. The van der Waals surface area contributed by atoms with Crippen LogP contribution in [0.15, 0.2) is 29.4 Å². The summed E-state index contributed by atoms with van der Waals surface area (Å²) in [5.74, 6) is 0. The lowest BCUT2D eigenvalue weighted by atomic mass is 10.4. The van der Waals surface area contributed by atoms with Crippen LogP contribution in [0.4, 0.5) is 0 Å². The van der Waals surface area contributed by atoms with E-state index in [-0.39, 0.29) is 0 Å². The van der Waals surface area contributed by atoms with Crippen LogP contribution < -0.4 is 0 Å². The molecule has 3 heteroatoms. The van der Waals surface area contributed by atoms with Crippen molar-refractivity contribution in [2.45, 2.75) is 6.54 Å². The zero-order chi connectivity index (χ0) is 7.23. The molecule has 0 saturated heterocycles. The second-order valence-corrected chi connectivity index (χ2v) is 1.91. The number of hydrogen-bond acceptors (Lipinski definition) is 3. The Hall–Kier alpha value is -1.05. The summed E-state index contributed by atoms with van der Waals surface area (Å²) in [7, 11) is 0. The van der Waals surface area contributed by atoms with Crippen LogP contribution in [0, 0.1) is 0 Å². The molecule has 1 rings (SSSR count). The molecule has 0 fully saturated rings. The molecule has 0 atom stereocenters. The molecule has 0 bridgehead atoms. The van der Waals surface area contributed by atoms with Gasteiger partial charge in [0.25, 0.3) is 0 Å². The van der Waals surface area contributed by atoms with Gasteiger partial charge in [0.2, 0.25) is 0 Å². The lowest BCUT2D eigenvalue weighted by Crippen LogP contribution is -1.83. The Morgan fingerprint density at radius 2 is 2.50 bits per heavy atom. The average Bonchev–Trinajstić information content (AvgIpc) is 2.03. The van der Waals surface area contributed by atoms with Gasteiger partial charge in [-0.2, -0.15) is 0 Å². The number of rotatable bonds is 2. The van der Waals surface area contributed by atoms with Crippen LogP contribution in [0.25, 0.3) is 0 Å². The van der Waals surface area contributed by atoms with Crippen LogP contribution in [0.3, 0.4) is 0 Å². The molecule has 0 aliphatic heterocycles. The molecule has 0 unspecified atom stereocenters. The van der Waals surface area contributed by atoms with E-state index in [0.717, 1.165) is 5.69 Å². The minimum atomic E-state index is 0.532. The van der Waals surface area contributed by atoms with Crippen molar-refractivity contribution in [3.05, 3.63) is 30.1 Å². The van der Waals surface area contributed by atoms with Crippen molar-refractivity contribution in [3.63, 3.8) is 0 Å². The van der Waals surface area contributed by atoms with Crippen molar-refractivity contribution in [1.29, 1.82) is 0 Å². The van der Waals surface area contributed by atoms with E-state index in [1.807, 2.05) is 18.2 Å². The molecule has 1 aromatic rings. The van der Waals surface area contributed by atoms with Crippen molar-refractivity contribution in [1.82, 2.24) is 4.98 Å². The summed E-state index contributed by atoms with van der Waals surface area (Å²) >= 11 is 4.41. The van der Waals surface area contributed by atoms with Crippen molar-refractivity contribution < 1.29 is 0 Å². The highest BCUT2D eigenvalue weighted by Crippen LogP contribution is 1.93. The van der Waals surface area contributed by atoms with E-state index in [1.165, 1.54) is 0 Å². The van der Waals surface area contributed by atoms with Crippen molar-refractivity contribution in [2.24, 2.45) is 4.99 Å². The molecule has 50 valence electrons. The highest BCUT2D eigenvalue weighted by atomic mass is 32.1. The Morgan fingerprint density at radius 3 is 3.10 bits per heavy atom. The summed E-state index contributed by atoms with van der Waals surface area (Å²) in [6, 6.07) is 5.68. The summed E-state index contributed by atoms with van der Waals surface area (Å²) in [4.78, 5) is 7.78.